The first-order chi connectivity index (χ1) is 17.6. The Kier molecular flexibility index (Phi) is 7.48. The quantitative estimate of drug-likeness (QED) is 0.339. The summed E-state index contributed by atoms with van der Waals surface area (Å²) in [6, 6.07) is 10.2. The van der Waals surface area contributed by atoms with Crippen molar-refractivity contribution in [1.82, 2.24) is 20.4 Å². The van der Waals surface area contributed by atoms with Crippen molar-refractivity contribution >= 4 is 35.0 Å². The van der Waals surface area contributed by atoms with Gasteiger partial charge in [0.1, 0.15) is 0 Å². The number of aryl methyl sites for hydroxylation is 1. The van der Waals surface area contributed by atoms with Gasteiger partial charge < -0.3 is 20.0 Å². The third-order valence-electron chi connectivity index (χ3n) is 5.96. The highest BCUT2D eigenvalue weighted by Crippen LogP contribution is 2.25. The number of ether oxygens (including phenoxy) is 1. The van der Waals surface area contributed by atoms with Gasteiger partial charge in [-0.1, -0.05) is 0 Å². The SMILES string of the molecule is Cc1cc(Nc2ccc(/C=N/Nc3ncc(F)c(N4CCOCC4)n3)nc2)cc(N2CCCCN2)c1. The van der Waals surface area contributed by atoms with E-state index in [-0.39, 0.29) is 11.8 Å². The van der Waals surface area contributed by atoms with Gasteiger partial charge in [-0.05, 0) is 55.7 Å². The van der Waals surface area contributed by atoms with Crippen molar-refractivity contribution < 1.29 is 9.13 Å². The molecule has 2 aromatic heterocycles. The van der Waals surface area contributed by atoms with Crippen LogP contribution in [0.4, 0.5) is 33.2 Å². The normalized spacial score (nSPS) is 16.4. The minimum atomic E-state index is -0.468. The lowest BCUT2D eigenvalue weighted by atomic mass is 10.1. The monoisotopic (exact) mass is 491 g/mol. The lowest BCUT2D eigenvalue weighted by molar-refractivity contribution is 0.122. The maximum atomic E-state index is 14.2. The van der Waals surface area contributed by atoms with Gasteiger partial charge in [0, 0.05) is 31.9 Å². The number of benzene rings is 1. The average Bonchev–Trinajstić information content (AvgIpc) is 2.91. The van der Waals surface area contributed by atoms with E-state index in [1.165, 1.54) is 18.4 Å². The molecule has 0 aliphatic carbocycles. The van der Waals surface area contributed by atoms with Gasteiger partial charge in [-0.3, -0.25) is 4.98 Å². The van der Waals surface area contributed by atoms with E-state index in [2.05, 4.69) is 66.4 Å². The number of rotatable bonds is 7. The number of anilines is 5. The van der Waals surface area contributed by atoms with Gasteiger partial charge in [0.15, 0.2) is 11.6 Å². The van der Waals surface area contributed by atoms with Gasteiger partial charge in [-0.15, -0.1) is 0 Å². The summed E-state index contributed by atoms with van der Waals surface area (Å²) in [6.07, 6.45) is 6.86. The van der Waals surface area contributed by atoms with Crippen molar-refractivity contribution in [3.8, 4) is 0 Å². The van der Waals surface area contributed by atoms with Crippen LogP contribution < -0.4 is 26.1 Å². The fourth-order valence-corrected chi connectivity index (χ4v) is 4.19. The molecule has 2 aliphatic rings. The van der Waals surface area contributed by atoms with Gasteiger partial charge in [0.05, 0.1) is 48.9 Å². The summed E-state index contributed by atoms with van der Waals surface area (Å²) in [5, 5.41) is 9.79. The molecule has 2 aliphatic heterocycles. The topological polar surface area (TPSA) is 103 Å². The smallest absolute Gasteiger partial charge is 0.245 e. The Labute approximate surface area is 209 Å². The van der Waals surface area contributed by atoms with Crippen molar-refractivity contribution in [3.05, 3.63) is 59.8 Å². The molecule has 0 atom stereocenters. The molecular formula is C25H30FN9O. The summed E-state index contributed by atoms with van der Waals surface area (Å²) in [6.45, 7) is 6.35. The zero-order valence-electron chi connectivity index (χ0n) is 20.2. The second-order valence-corrected chi connectivity index (χ2v) is 8.76. The maximum Gasteiger partial charge on any atom is 0.245 e. The number of hydrogen-bond acceptors (Lipinski definition) is 10. The van der Waals surface area contributed by atoms with Gasteiger partial charge in [-0.2, -0.15) is 10.1 Å². The van der Waals surface area contributed by atoms with E-state index in [1.54, 1.807) is 12.4 Å². The molecule has 2 saturated heterocycles. The number of halogens is 1. The molecule has 1 aromatic carbocycles. The predicted molar refractivity (Wildman–Crippen MR) is 140 cm³/mol. The molecule has 3 N–H and O–H groups in total. The Bertz CT molecular complexity index is 1190. The van der Waals surface area contributed by atoms with E-state index in [1.807, 2.05) is 17.0 Å². The number of hydrazone groups is 1. The Morgan fingerprint density at radius 2 is 1.94 bits per heavy atom. The molecule has 0 saturated carbocycles. The first-order valence-electron chi connectivity index (χ1n) is 12.1. The molecule has 2 fully saturated rings. The summed E-state index contributed by atoms with van der Waals surface area (Å²) in [5.41, 5.74) is 11.1. The minimum Gasteiger partial charge on any atom is -0.378 e. The van der Waals surface area contributed by atoms with E-state index >= 15 is 0 Å². The fraction of sp³-hybridized carbons (Fsp3) is 0.360. The molecule has 0 spiro atoms. The largest absolute Gasteiger partial charge is 0.378 e. The predicted octanol–water partition coefficient (Wildman–Crippen LogP) is 3.45. The summed E-state index contributed by atoms with van der Waals surface area (Å²) >= 11 is 0. The molecule has 188 valence electrons. The lowest BCUT2D eigenvalue weighted by Gasteiger charge is -2.30. The van der Waals surface area contributed by atoms with Crippen molar-refractivity contribution in [3.63, 3.8) is 0 Å². The number of hydrazine groups is 1. The zero-order valence-corrected chi connectivity index (χ0v) is 20.2. The number of nitrogens with one attached hydrogen (secondary N) is 3. The molecular weight excluding hydrogens is 461 g/mol. The molecule has 3 aromatic rings. The highest BCUT2D eigenvalue weighted by atomic mass is 19.1. The highest BCUT2D eigenvalue weighted by molar-refractivity contribution is 5.78. The molecule has 36 heavy (non-hydrogen) atoms. The van der Waals surface area contributed by atoms with E-state index in [0.29, 0.717) is 32.0 Å². The number of pyridine rings is 1. The first kappa shape index (κ1) is 23.9. The Morgan fingerprint density at radius 3 is 2.72 bits per heavy atom. The van der Waals surface area contributed by atoms with Crippen molar-refractivity contribution in [2.75, 3.05) is 60.0 Å². The molecule has 11 heteroatoms. The molecule has 5 rings (SSSR count). The van der Waals surface area contributed by atoms with Crippen LogP contribution in [0, 0.1) is 12.7 Å². The van der Waals surface area contributed by atoms with Crippen molar-refractivity contribution in [1.29, 1.82) is 0 Å². The lowest BCUT2D eigenvalue weighted by Crippen LogP contribution is -2.43. The number of nitrogens with zero attached hydrogens (tertiary/aromatic N) is 6. The van der Waals surface area contributed by atoms with Crippen LogP contribution in [0.15, 0.2) is 47.8 Å². The fourth-order valence-electron chi connectivity index (χ4n) is 4.19. The maximum absolute atomic E-state index is 14.2. The third kappa shape index (κ3) is 6.04. The van der Waals surface area contributed by atoms with Crippen LogP contribution in [0.3, 0.4) is 0 Å². The third-order valence-corrected chi connectivity index (χ3v) is 5.96. The minimum absolute atomic E-state index is 0.214. The van der Waals surface area contributed by atoms with Crippen LogP contribution in [-0.2, 0) is 4.74 Å². The summed E-state index contributed by atoms with van der Waals surface area (Å²) in [5.74, 6) is -0.00934. The van der Waals surface area contributed by atoms with Gasteiger partial charge >= 0.3 is 0 Å². The van der Waals surface area contributed by atoms with E-state index < -0.39 is 5.82 Å². The summed E-state index contributed by atoms with van der Waals surface area (Å²) in [7, 11) is 0. The number of hydrogen-bond donors (Lipinski definition) is 3. The van der Waals surface area contributed by atoms with Crippen LogP contribution in [0.1, 0.15) is 24.1 Å². The standard InChI is InChI=1S/C25H30FN9O/c1-18-12-21(14-22(13-18)35-7-3-2-6-30-35)31-20-5-4-19(27-15-20)16-29-33-25-28-17-23(26)24(32-25)34-8-10-36-11-9-34/h4-5,12-17,30-31H,2-3,6-11H2,1H3,(H,28,32,33)/b29-16+. The Morgan fingerprint density at radius 1 is 1.06 bits per heavy atom. The van der Waals surface area contributed by atoms with Crippen LogP contribution >= 0.6 is 0 Å². The first-order valence-corrected chi connectivity index (χ1v) is 12.1. The summed E-state index contributed by atoms with van der Waals surface area (Å²) in [4.78, 5) is 14.5. The Hall–Kier alpha value is -3.83. The van der Waals surface area contributed by atoms with Crippen LogP contribution in [0.25, 0.3) is 0 Å². The highest BCUT2D eigenvalue weighted by Gasteiger charge is 2.17. The molecule has 0 amide bonds. The molecule has 10 nitrogen and oxygen atoms in total. The van der Waals surface area contributed by atoms with Crippen LogP contribution in [0.5, 0.6) is 0 Å². The number of morpholine rings is 1. The van der Waals surface area contributed by atoms with Crippen molar-refractivity contribution in [2.45, 2.75) is 19.8 Å². The van der Waals surface area contributed by atoms with Crippen LogP contribution in [-0.4, -0.2) is 60.6 Å². The van der Waals surface area contributed by atoms with E-state index in [9.17, 15) is 4.39 Å². The number of aromatic nitrogens is 3. The Balaban J connectivity index is 1.20. The second-order valence-electron chi connectivity index (χ2n) is 8.76. The molecule has 0 radical (unpaired) electrons. The molecule has 0 bridgehead atoms. The van der Waals surface area contributed by atoms with Crippen LogP contribution in [0.2, 0.25) is 0 Å². The van der Waals surface area contributed by atoms with Crippen molar-refractivity contribution in [2.24, 2.45) is 5.10 Å². The second kappa shape index (κ2) is 11.3. The molecule has 4 heterocycles. The van der Waals surface area contributed by atoms with E-state index in [0.717, 1.165) is 36.3 Å². The average molecular weight is 492 g/mol. The van der Waals surface area contributed by atoms with Gasteiger partial charge in [0.25, 0.3) is 0 Å². The van der Waals surface area contributed by atoms with Gasteiger partial charge in [-0.25, -0.2) is 20.2 Å². The van der Waals surface area contributed by atoms with Gasteiger partial charge in [0.2, 0.25) is 5.95 Å². The molecule has 0 unspecified atom stereocenters. The summed E-state index contributed by atoms with van der Waals surface area (Å²) < 4.78 is 19.5. The van der Waals surface area contributed by atoms with E-state index in [4.69, 9.17) is 4.74 Å². The zero-order chi connectivity index (χ0) is 24.7.